The lowest BCUT2D eigenvalue weighted by molar-refractivity contribution is -0.146. The van der Waals surface area contributed by atoms with Crippen molar-refractivity contribution >= 4 is 36.4 Å². The number of anilines is 2. The number of amides is 2. The van der Waals surface area contributed by atoms with Gasteiger partial charge in [-0.05, 0) is 54.8 Å². The van der Waals surface area contributed by atoms with Gasteiger partial charge in [0.05, 0.1) is 39.2 Å². The molecule has 11 nitrogen and oxygen atoms in total. The minimum atomic E-state index is -2.32. The Morgan fingerprint density at radius 1 is 1.12 bits per heavy atom. The van der Waals surface area contributed by atoms with Crippen LogP contribution in [0, 0.1) is 5.92 Å². The highest BCUT2D eigenvalue weighted by molar-refractivity contribution is 6.91. The average Bonchev–Trinajstić information content (AvgIpc) is 3.74. The predicted molar refractivity (Wildman–Crippen MR) is 189 cm³/mol. The monoisotopic (exact) mass is 683 g/mol. The molecule has 3 N–H and O–H groups in total. The van der Waals surface area contributed by atoms with Crippen molar-refractivity contribution in [3.05, 3.63) is 95.8 Å². The molecule has 4 aromatic rings. The summed E-state index contributed by atoms with van der Waals surface area (Å²) in [4.78, 5) is 29.0. The molecule has 2 amide bonds. The number of rotatable bonds is 12. The van der Waals surface area contributed by atoms with E-state index in [4.69, 9.17) is 9.47 Å². The highest BCUT2D eigenvalue weighted by Gasteiger charge is 2.66. The second-order valence-electron chi connectivity index (χ2n) is 13.7. The van der Waals surface area contributed by atoms with Crippen LogP contribution in [-0.2, 0) is 39.4 Å². The molecule has 5 atom stereocenters. The topological polar surface area (TPSA) is 139 Å². The van der Waals surface area contributed by atoms with Crippen LogP contribution in [0.5, 0.6) is 5.75 Å². The molecule has 3 heterocycles. The SMILES string of the molecule is COc1ccc([Si](C)(C)[C@@H]2[C@@H](CCn3cc(CCO)nn3)O[C@]3(C(=O)N(Cc4cccc(NC(=O)[C@H](C)O)c4)c4ccccc43)[C@H]2C)cc1. The molecule has 2 aliphatic heterocycles. The fourth-order valence-corrected chi connectivity index (χ4v) is 11.9. The number of methoxy groups -OCH3 is 1. The van der Waals surface area contributed by atoms with Gasteiger partial charge in [0.2, 0.25) is 0 Å². The number of aliphatic hydroxyl groups excluding tert-OH is 2. The second-order valence-corrected chi connectivity index (χ2v) is 18.4. The number of para-hydroxylation sites is 1. The predicted octanol–water partition coefficient (Wildman–Crippen LogP) is 3.99. The Balaban J connectivity index is 1.36. The van der Waals surface area contributed by atoms with E-state index in [0.717, 1.165) is 28.3 Å². The Kier molecular flexibility index (Phi) is 9.76. The highest BCUT2D eigenvalue weighted by atomic mass is 28.3. The van der Waals surface area contributed by atoms with Gasteiger partial charge in [0, 0.05) is 42.9 Å². The van der Waals surface area contributed by atoms with Gasteiger partial charge in [-0.2, -0.15) is 0 Å². The Morgan fingerprint density at radius 2 is 1.88 bits per heavy atom. The third-order valence-electron chi connectivity index (χ3n) is 10.3. The summed E-state index contributed by atoms with van der Waals surface area (Å²) in [5.74, 6) is 0.0465. The minimum absolute atomic E-state index is 0.00695. The molecule has 3 aromatic carbocycles. The fraction of sp³-hybridized carbons (Fsp3) is 0.405. The van der Waals surface area contributed by atoms with E-state index in [1.165, 1.54) is 12.1 Å². The zero-order valence-corrected chi connectivity index (χ0v) is 29.7. The Bertz CT molecular complexity index is 1810. The van der Waals surface area contributed by atoms with Crippen LogP contribution < -0.4 is 20.1 Å². The maximum Gasteiger partial charge on any atom is 0.264 e. The minimum Gasteiger partial charge on any atom is -0.497 e. The molecular weight excluding hydrogens is 639 g/mol. The van der Waals surface area contributed by atoms with Crippen molar-refractivity contribution in [3.8, 4) is 5.75 Å². The molecule has 1 spiro atoms. The average molecular weight is 684 g/mol. The van der Waals surface area contributed by atoms with Gasteiger partial charge in [-0.25, -0.2) is 0 Å². The number of nitrogens with one attached hydrogen (secondary N) is 1. The van der Waals surface area contributed by atoms with Crippen LogP contribution in [0.2, 0.25) is 18.6 Å². The smallest absolute Gasteiger partial charge is 0.264 e. The molecule has 0 aliphatic carbocycles. The van der Waals surface area contributed by atoms with Gasteiger partial charge in [-0.1, -0.05) is 72.9 Å². The maximum absolute atomic E-state index is 15.0. The van der Waals surface area contributed by atoms with Crippen LogP contribution in [0.25, 0.3) is 0 Å². The van der Waals surface area contributed by atoms with Gasteiger partial charge in [-0.3, -0.25) is 14.3 Å². The van der Waals surface area contributed by atoms with E-state index in [-0.39, 0.29) is 36.6 Å². The van der Waals surface area contributed by atoms with Gasteiger partial charge >= 0.3 is 0 Å². The van der Waals surface area contributed by atoms with Crippen molar-refractivity contribution in [3.63, 3.8) is 0 Å². The Morgan fingerprint density at radius 3 is 2.59 bits per heavy atom. The van der Waals surface area contributed by atoms with Crippen molar-refractivity contribution in [1.29, 1.82) is 0 Å². The summed E-state index contributed by atoms with van der Waals surface area (Å²) in [6, 6.07) is 23.5. The lowest BCUT2D eigenvalue weighted by Gasteiger charge is -2.37. The van der Waals surface area contributed by atoms with Gasteiger partial charge in [0.1, 0.15) is 11.9 Å². The number of fused-ring (bicyclic) bond motifs is 2. The molecular formula is C37H45N5O6Si. The Hall–Kier alpha value is -4.36. The van der Waals surface area contributed by atoms with Crippen LogP contribution in [0.4, 0.5) is 11.4 Å². The molecule has 12 heteroatoms. The van der Waals surface area contributed by atoms with Gasteiger partial charge in [-0.15, -0.1) is 5.10 Å². The van der Waals surface area contributed by atoms with Gasteiger partial charge in [0.15, 0.2) is 5.60 Å². The molecule has 1 fully saturated rings. The molecule has 1 aromatic heterocycles. The quantitative estimate of drug-likeness (QED) is 0.191. The first-order valence-electron chi connectivity index (χ1n) is 16.8. The van der Waals surface area contributed by atoms with Crippen molar-refractivity contribution < 1.29 is 29.3 Å². The summed E-state index contributed by atoms with van der Waals surface area (Å²) in [5, 5.41) is 31.6. The summed E-state index contributed by atoms with van der Waals surface area (Å²) < 4.78 is 14.5. The molecule has 0 radical (unpaired) electrons. The first-order chi connectivity index (χ1) is 23.5. The molecule has 0 bridgehead atoms. The molecule has 0 saturated carbocycles. The number of nitrogens with zero attached hydrogens (tertiary/aromatic N) is 4. The molecule has 6 rings (SSSR count). The Labute approximate surface area is 287 Å². The molecule has 2 aliphatic rings. The number of ether oxygens (including phenoxy) is 2. The molecule has 49 heavy (non-hydrogen) atoms. The standard InChI is InChI=1S/C37H45N5O6Si/c1-24-34(49(4,5)30-15-13-29(47-3)14-16-30)33(17-19-41-23-28(18-20-43)39-40-41)48-37(24)31-11-6-7-12-32(31)42(36(37)46)22-26-9-8-10-27(21-26)38-35(45)25(2)44/h6-16,21,23-25,33-34,43-44H,17-20,22H2,1-5H3,(H,38,45)/t24-,25-,33+,34-,37+/m0/s1. The summed E-state index contributed by atoms with van der Waals surface area (Å²) in [6.07, 6.45) is 1.54. The number of aromatic nitrogens is 3. The number of hydrogen-bond donors (Lipinski definition) is 3. The van der Waals surface area contributed by atoms with E-state index in [1.54, 1.807) is 22.8 Å². The van der Waals surface area contributed by atoms with E-state index in [2.05, 4.69) is 47.8 Å². The lowest BCUT2D eigenvalue weighted by atomic mass is 9.82. The lowest BCUT2D eigenvalue weighted by Crippen LogP contribution is -2.51. The number of aryl methyl sites for hydroxylation is 1. The summed E-state index contributed by atoms with van der Waals surface area (Å²) in [6.45, 7) is 9.15. The van der Waals surface area contributed by atoms with E-state index < -0.39 is 25.7 Å². The number of carbonyl (C=O) groups is 2. The van der Waals surface area contributed by atoms with E-state index >= 15 is 0 Å². The third kappa shape index (κ3) is 6.41. The van der Waals surface area contributed by atoms with E-state index in [0.29, 0.717) is 25.1 Å². The first kappa shape index (κ1) is 34.5. The van der Waals surface area contributed by atoms with Crippen molar-refractivity contribution in [2.24, 2.45) is 5.92 Å². The van der Waals surface area contributed by atoms with Crippen molar-refractivity contribution in [2.45, 2.75) is 76.2 Å². The van der Waals surface area contributed by atoms with Crippen LogP contribution in [0.15, 0.2) is 79.0 Å². The zero-order valence-electron chi connectivity index (χ0n) is 28.7. The van der Waals surface area contributed by atoms with Crippen LogP contribution in [0.1, 0.15) is 37.1 Å². The van der Waals surface area contributed by atoms with Crippen LogP contribution >= 0.6 is 0 Å². The number of aliphatic hydroxyl groups is 2. The highest BCUT2D eigenvalue weighted by Crippen LogP contribution is 2.60. The normalized spacial score (nSPS) is 22.4. The number of hydrogen-bond acceptors (Lipinski definition) is 8. The second kappa shape index (κ2) is 13.9. The summed E-state index contributed by atoms with van der Waals surface area (Å²) in [5.41, 5.74) is 2.67. The van der Waals surface area contributed by atoms with Crippen molar-refractivity contribution in [1.82, 2.24) is 15.0 Å². The summed E-state index contributed by atoms with van der Waals surface area (Å²) >= 11 is 0. The molecule has 258 valence electrons. The number of carbonyl (C=O) groups excluding carboxylic acids is 2. The van der Waals surface area contributed by atoms with Crippen LogP contribution in [-0.4, -0.2) is 71.0 Å². The largest absolute Gasteiger partial charge is 0.497 e. The van der Waals surface area contributed by atoms with Crippen LogP contribution in [0.3, 0.4) is 0 Å². The molecule has 0 unspecified atom stereocenters. The maximum atomic E-state index is 15.0. The third-order valence-corrected chi connectivity index (χ3v) is 14.6. The van der Waals surface area contributed by atoms with E-state index in [9.17, 15) is 19.8 Å². The number of benzene rings is 3. The van der Waals surface area contributed by atoms with Gasteiger partial charge < -0.3 is 29.9 Å². The fourth-order valence-electron chi connectivity index (χ4n) is 7.81. The zero-order chi connectivity index (χ0) is 34.9. The van der Waals surface area contributed by atoms with E-state index in [1.807, 2.05) is 60.8 Å². The van der Waals surface area contributed by atoms with Gasteiger partial charge in [0.25, 0.3) is 11.8 Å². The first-order valence-corrected chi connectivity index (χ1v) is 19.9. The molecule has 1 saturated heterocycles. The summed E-state index contributed by atoms with van der Waals surface area (Å²) in [7, 11) is -0.653. The van der Waals surface area contributed by atoms with Crippen molar-refractivity contribution in [2.75, 3.05) is 23.9 Å².